The highest BCUT2D eigenvalue weighted by atomic mass is 32.2. The number of sulfone groups is 1. The van der Waals surface area contributed by atoms with Gasteiger partial charge in [-0.05, 0) is 13.1 Å². The molecule has 0 aliphatic carbocycles. The van der Waals surface area contributed by atoms with E-state index in [-0.39, 0.29) is 40.7 Å². The molecule has 0 N–H and O–H groups in total. The number of benzene rings is 1. The van der Waals surface area contributed by atoms with Gasteiger partial charge in [0.05, 0.1) is 22.9 Å². The second-order valence-electron chi connectivity index (χ2n) is 7.01. The molecule has 1 aromatic heterocycles. The minimum Gasteiger partial charge on any atom is -0.330 e. The number of nitrogens with zero attached hydrogens (tertiary/aromatic N) is 4. The summed E-state index contributed by atoms with van der Waals surface area (Å²) in [4.78, 5) is 29.2. The molecule has 0 unspecified atom stereocenters. The van der Waals surface area contributed by atoms with E-state index in [0.29, 0.717) is 23.9 Å². The van der Waals surface area contributed by atoms with Crippen LogP contribution in [0.25, 0.3) is 10.8 Å². The van der Waals surface area contributed by atoms with E-state index in [2.05, 4.69) is 5.10 Å². The summed E-state index contributed by atoms with van der Waals surface area (Å²) in [6, 6.07) is 6.29. The Morgan fingerprint density at radius 3 is 2.46 bits per heavy atom. The van der Waals surface area contributed by atoms with Crippen molar-refractivity contribution >= 4 is 26.5 Å². The fourth-order valence-corrected chi connectivity index (χ4v) is 6.03. The van der Waals surface area contributed by atoms with Crippen LogP contribution in [-0.2, 0) is 16.9 Å². The van der Waals surface area contributed by atoms with E-state index < -0.39 is 9.84 Å². The van der Waals surface area contributed by atoms with Crippen LogP contribution in [0, 0.1) is 0 Å². The average Bonchev–Trinajstić information content (AvgIpc) is 2.94. The topological polar surface area (TPSA) is 92.6 Å². The van der Waals surface area contributed by atoms with Gasteiger partial charge in [-0.25, -0.2) is 13.1 Å². The maximum atomic E-state index is 13.3. The molecule has 2 aliphatic rings. The molecule has 0 saturated carbocycles. The first-order chi connectivity index (χ1) is 12.3. The number of rotatable bonds is 1. The van der Waals surface area contributed by atoms with Crippen molar-refractivity contribution in [3.05, 3.63) is 40.3 Å². The lowest BCUT2D eigenvalue weighted by Gasteiger charge is -2.42. The molecule has 4 rings (SSSR count). The SMILES string of the molecule is CN1CCN(C(=O)c2nn(C)c(=O)c3ccccc23)[C@@H]2CS(=O)(=O)C[C@@H]21. The number of amides is 1. The Morgan fingerprint density at radius 2 is 1.73 bits per heavy atom. The van der Waals surface area contributed by atoms with Gasteiger partial charge in [-0.1, -0.05) is 18.2 Å². The van der Waals surface area contributed by atoms with Crippen LogP contribution in [0.3, 0.4) is 0 Å². The maximum Gasteiger partial charge on any atom is 0.275 e. The van der Waals surface area contributed by atoms with Gasteiger partial charge in [-0.15, -0.1) is 0 Å². The lowest BCUT2D eigenvalue weighted by atomic mass is 10.0. The zero-order chi connectivity index (χ0) is 18.6. The van der Waals surface area contributed by atoms with E-state index in [4.69, 9.17) is 0 Å². The molecule has 8 nitrogen and oxygen atoms in total. The Morgan fingerprint density at radius 1 is 1.08 bits per heavy atom. The zero-order valence-corrected chi connectivity index (χ0v) is 15.4. The van der Waals surface area contributed by atoms with Gasteiger partial charge in [-0.2, -0.15) is 5.10 Å². The van der Waals surface area contributed by atoms with Crippen LogP contribution in [-0.4, -0.2) is 77.6 Å². The van der Waals surface area contributed by atoms with Crippen LogP contribution in [0.4, 0.5) is 0 Å². The van der Waals surface area contributed by atoms with Crippen LogP contribution in [0.15, 0.2) is 29.1 Å². The molecule has 3 heterocycles. The first-order valence-electron chi connectivity index (χ1n) is 8.46. The molecule has 2 aliphatic heterocycles. The molecule has 0 radical (unpaired) electrons. The molecule has 26 heavy (non-hydrogen) atoms. The molecule has 2 aromatic rings. The van der Waals surface area contributed by atoms with Gasteiger partial charge in [0.1, 0.15) is 0 Å². The smallest absolute Gasteiger partial charge is 0.275 e. The van der Waals surface area contributed by atoms with Crippen LogP contribution >= 0.6 is 0 Å². The predicted octanol–water partition coefficient (Wildman–Crippen LogP) is -0.513. The molecule has 2 atom stereocenters. The van der Waals surface area contributed by atoms with Crippen molar-refractivity contribution in [3.63, 3.8) is 0 Å². The van der Waals surface area contributed by atoms with E-state index in [9.17, 15) is 18.0 Å². The van der Waals surface area contributed by atoms with Crippen molar-refractivity contribution in [2.24, 2.45) is 7.05 Å². The molecule has 2 saturated heterocycles. The molecule has 0 bridgehead atoms. The number of piperazine rings is 1. The Bertz CT molecular complexity index is 1060. The first-order valence-corrected chi connectivity index (χ1v) is 10.3. The normalized spacial score (nSPS) is 25.4. The Kier molecular flexibility index (Phi) is 3.89. The summed E-state index contributed by atoms with van der Waals surface area (Å²) in [5.41, 5.74) is -0.0767. The fourth-order valence-electron chi connectivity index (χ4n) is 3.97. The highest BCUT2D eigenvalue weighted by Gasteiger charge is 2.47. The maximum absolute atomic E-state index is 13.3. The number of aromatic nitrogens is 2. The van der Waals surface area contributed by atoms with Crippen LogP contribution < -0.4 is 5.56 Å². The minimum absolute atomic E-state index is 0.0303. The Labute approximate surface area is 150 Å². The standard InChI is InChI=1S/C17H20N4O4S/c1-19-7-8-21(14-10-26(24,25)9-13(14)19)17(23)15-11-5-3-4-6-12(11)16(22)20(2)18-15/h3-6,13-14H,7-10H2,1-2H3/t13-,14+/m0/s1. The van der Waals surface area contributed by atoms with Crippen molar-refractivity contribution in [3.8, 4) is 0 Å². The molecule has 9 heteroatoms. The number of likely N-dealkylation sites (N-methyl/N-ethyl adjacent to an activating group) is 1. The summed E-state index contributed by atoms with van der Waals surface area (Å²) >= 11 is 0. The molecule has 0 spiro atoms. The lowest BCUT2D eigenvalue weighted by Crippen LogP contribution is -2.59. The highest BCUT2D eigenvalue weighted by Crippen LogP contribution is 2.28. The summed E-state index contributed by atoms with van der Waals surface area (Å²) in [5, 5.41) is 5.12. The van der Waals surface area contributed by atoms with Crippen molar-refractivity contribution in [2.75, 3.05) is 31.6 Å². The monoisotopic (exact) mass is 376 g/mol. The molecular weight excluding hydrogens is 356 g/mol. The zero-order valence-electron chi connectivity index (χ0n) is 14.6. The second-order valence-corrected chi connectivity index (χ2v) is 9.17. The molecule has 1 aromatic carbocycles. The minimum atomic E-state index is -3.18. The Hall–Kier alpha value is -2.26. The molecule has 138 valence electrons. The van der Waals surface area contributed by atoms with Crippen molar-refractivity contribution in [1.29, 1.82) is 0 Å². The van der Waals surface area contributed by atoms with Crippen molar-refractivity contribution in [2.45, 2.75) is 12.1 Å². The summed E-state index contributed by atoms with van der Waals surface area (Å²) < 4.78 is 25.4. The van der Waals surface area contributed by atoms with E-state index in [1.165, 1.54) is 7.05 Å². The van der Waals surface area contributed by atoms with Crippen LogP contribution in [0.5, 0.6) is 0 Å². The van der Waals surface area contributed by atoms with Gasteiger partial charge >= 0.3 is 0 Å². The van der Waals surface area contributed by atoms with Gasteiger partial charge in [0.15, 0.2) is 15.5 Å². The predicted molar refractivity (Wildman–Crippen MR) is 96.9 cm³/mol. The number of fused-ring (bicyclic) bond motifs is 2. The van der Waals surface area contributed by atoms with Gasteiger partial charge in [0.2, 0.25) is 0 Å². The van der Waals surface area contributed by atoms with Gasteiger partial charge in [-0.3, -0.25) is 14.5 Å². The van der Waals surface area contributed by atoms with E-state index in [1.807, 2.05) is 11.9 Å². The third-order valence-corrected chi connectivity index (χ3v) is 7.07. The summed E-state index contributed by atoms with van der Waals surface area (Å²) in [6.45, 7) is 1.04. The quantitative estimate of drug-likeness (QED) is 0.665. The second kappa shape index (κ2) is 5.88. The number of hydrogen-bond donors (Lipinski definition) is 0. The largest absolute Gasteiger partial charge is 0.330 e. The summed E-state index contributed by atoms with van der Waals surface area (Å²) in [7, 11) is 0.222. The molecular formula is C17H20N4O4S. The average molecular weight is 376 g/mol. The van der Waals surface area contributed by atoms with E-state index >= 15 is 0 Å². The van der Waals surface area contributed by atoms with Gasteiger partial charge < -0.3 is 4.90 Å². The van der Waals surface area contributed by atoms with E-state index in [1.54, 1.807) is 29.2 Å². The third-order valence-electron chi connectivity index (χ3n) is 5.37. The van der Waals surface area contributed by atoms with Gasteiger partial charge in [0, 0.05) is 31.6 Å². The molecule has 1 amide bonds. The first kappa shape index (κ1) is 17.2. The van der Waals surface area contributed by atoms with Crippen molar-refractivity contribution in [1.82, 2.24) is 19.6 Å². The molecule has 2 fully saturated rings. The number of hydrogen-bond acceptors (Lipinski definition) is 6. The number of carbonyl (C=O) groups excluding carboxylic acids is 1. The van der Waals surface area contributed by atoms with Gasteiger partial charge in [0.25, 0.3) is 11.5 Å². The van der Waals surface area contributed by atoms with Crippen molar-refractivity contribution < 1.29 is 13.2 Å². The highest BCUT2D eigenvalue weighted by molar-refractivity contribution is 7.91. The van der Waals surface area contributed by atoms with Crippen LogP contribution in [0.2, 0.25) is 0 Å². The Balaban J connectivity index is 1.80. The fraction of sp³-hybridized carbons (Fsp3) is 0.471. The van der Waals surface area contributed by atoms with E-state index in [0.717, 1.165) is 4.68 Å². The summed E-state index contributed by atoms with van der Waals surface area (Å²) in [5.74, 6) is -0.284. The summed E-state index contributed by atoms with van der Waals surface area (Å²) in [6.07, 6.45) is 0. The lowest BCUT2D eigenvalue weighted by molar-refractivity contribution is 0.0404. The number of aryl methyl sites for hydroxylation is 1. The van der Waals surface area contributed by atoms with Crippen LogP contribution in [0.1, 0.15) is 10.5 Å². The third kappa shape index (κ3) is 2.62. The number of carbonyl (C=O) groups is 1.